The Hall–Kier alpha value is -0.790. The molecule has 2 aliphatic rings. The second-order valence-corrected chi connectivity index (χ2v) is 3.87. The lowest BCUT2D eigenvalue weighted by molar-refractivity contribution is -0.144. The highest BCUT2D eigenvalue weighted by Gasteiger charge is 2.37. The average molecular weight is 166 g/mol. The van der Waals surface area contributed by atoms with Gasteiger partial charge in [0.15, 0.2) is 0 Å². The van der Waals surface area contributed by atoms with Gasteiger partial charge < -0.3 is 5.11 Å². The van der Waals surface area contributed by atoms with Crippen LogP contribution in [0.2, 0.25) is 0 Å². The number of carbonyl (C=O) groups is 1. The molecule has 12 heavy (non-hydrogen) atoms. The van der Waals surface area contributed by atoms with E-state index >= 15 is 0 Å². The molecule has 0 spiro atoms. The van der Waals surface area contributed by atoms with Gasteiger partial charge in [0.1, 0.15) is 0 Å². The van der Waals surface area contributed by atoms with E-state index in [1.165, 1.54) is 12.8 Å². The summed E-state index contributed by atoms with van der Waals surface area (Å²) in [6, 6.07) is 0. The van der Waals surface area contributed by atoms with Crippen molar-refractivity contribution in [2.75, 3.05) is 0 Å². The minimum Gasteiger partial charge on any atom is -0.481 e. The summed E-state index contributed by atoms with van der Waals surface area (Å²) in [5, 5.41) is 8.95. The highest BCUT2D eigenvalue weighted by Crippen LogP contribution is 2.42. The van der Waals surface area contributed by atoms with Gasteiger partial charge >= 0.3 is 5.97 Å². The van der Waals surface area contributed by atoms with Gasteiger partial charge in [0, 0.05) is 0 Å². The molecule has 2 heteroatoms. The molecule has 0 aromatic heterocycles. The van der Waals surface area contributed by atoms with Crippen molar-refractivity contribution in [3.8, 4) is 0 Å². The fourth-order valence-electron chi connectivity index (χ4n) is 2.61. The summed E-state index contributed by atoms with van der Waals surface area (Å²) in [7, 11) is 0. The number of carboxylic acids is 1. The Bertz CT molecular complexity index is 220. The first-order chi connectivity index (χ1) is 5.79. The molecule has 1 saturated carbocycles. The van der Waals surface area contributed by atoms with Gasteiger partial charge in [-0.1, -0.05) is 18.6 Å². The van der Waals surface area contributed by atoms with E-state index in [0.29, 0.717) is 11.8 Å². The van der Waals surface area contributed by atoms with E-state index in [1.54, 1.807) is 0 Å². The molecule has 3 atom stereocenters. The fraction of sp³-hybridized carbons (Fsp3) is 0.700. The smallest absolute Gasteiger partial charge is 0.307 e. The second kappa shape index (κ2) is 2.92. The van der Waals surface area contributed by atoms with Crippen LogP contribution in [-0.4, -0.2) is 11.1 Å². The number of rotatable bonds is 1. The molecule has 0 bridgehead atoms. The van der Waals surface area contributed by atoms with Gasteiger partial charge in [-0.3, -0.25) is 4.79 Å². The normalized spacial score (nSPS) is 39.5. The maximum atomic E-state index is 10.9. The molecule has 0 aliphatic heterocycles. The molecule has 0 radical (unpaired) electrons. The Balaban J connectivity index is 2.16. The lowest BCUT2D eigenvalue weighted by atomic mass is 9.78. The number of allylic oxidation sites excluding steroid dienone is 2. The molecule has 2 nitrogen and oxygen atoms in total. The third-order valence-electron chi connectivity index (χ3n) is 3.23. The van der Waals surface area contributed by atoms with Crippen LogP contribution >= 0.6 is 0 Å². The van der Waals surface area contributed by atoms with Crippen LogP contribution in [0.15, 0.2) is 12.2 Å². The predicted molar refractivity (Wildman–Crippen MR) is 45.7 cm³/mol. The van der Waals surface area contributed by atoms with E-state index in [9.17, 15) is 4.79 Å². The van der Waals surface area contributed by atoms with Crippen molar-refractivity contribution in [2.45, 2.75) is 25.7 Å². The fourth-order valence-corrected chi connectivity index (χ4v) is 2.61. The van der Waals surface area contributed by atoms with Gasteiger partial charge in [-0.25, -0.2) is 0 Å². The van der Waals surface area contributed by atoms with Crippen molar-refractivity contribution in [1.29, 1.82) is 0 Å². The van der Waals surface area contributed by atoms with E-state index < -0.39 is 5.97 Å². The molecule has 2 rings (SSSR count). The van der Waals surface area contributed by atoms with Crippen LogP contribution in [0.25, 0.3) is 0 Å². The molecule has 1 N–H and O–H groups in total. The molecule has 0 amide bonds. The Morgan fingerprint density at radius 1 is 1.42 bits per heavy atom. The monoisotopic (exact) mass is 166 g/mol. The van der Waals surface area contributed by atoms with Crippen molar-refractivity contribution >= 4 is 5.97 Å². The van der Waals surface area contributed by atoms with E-state index in [0.717, 1.165) is 12.8 Å². The summed E-state index contributed by atoms with van der Waals surface area (Å²) in [5.74, 6) is 0.311. The number of aliphatic carboxylic acids is 1. The number of hydrogen-bond donors (Lipinski definition) is 1. The van der Waals surface area contributed by atoms with E-state index in [-0.39, 0.29) is 5.92 Å². The molecule has 66 valence electrons. The minimum atomic E-state index is -0.601. The number of fused-ring (bicyclic) bond motifs is 1. The first-order valence-corrected chi connectivity index (χ1v) is 4.68. The number of hydrogen-bond acceptors (Lipinski definition) is 1. The molecule has 0 aromatic carbocycles. The highest BCUT2D eigenvalue weighted by molar-refractivity contribution is 5.71. The predicted octanol–water partition coefficient (Wildman–Crippen LogP) is 2.06. The lowest BCUT2D eigenvalue weighted by Gasteiger charge is -2.26. The van der Waals surface area contributed by atoms with Gasteiger partial charge in [0.2, 0.25) is 0 Å². The Morgan fingerprint density at radius 3 is 3.00 bits per heavy atom. The zero-order chi connectivity index (χ0) is 8.55. The maximum absolute atomic E-state index is 10.9. The standard InChI is InChI=1S/C10H14O2/c11-10(12)9-6-2-4-7-3-1-5-8(7)9/h2,4,7-9H,1,3,5-6H2,(H,11,12)/t7-,8+,9+/m0/s1. The first kappa shape index (κ1) is 7.84. The quantitative estimate of drug-likeness (QED) is 0.605. The largest absolute Gasteiger partial charge is 0.481 e. The van der Waals surface area contributed by atoms with Crippen LogP contribution in [0.4, 0.5) is 0 Å². The summed E-state index contributed by atoms with van der Waals surface area (Å²) in [6.07, 6.45) is 8.54. The van der Waals surface area contributed by atoms with Crippen LogP contribution in [0, 0.1) is 17.8 Å². The Kier molecular flexibility index (Phi) is 1.91. The third-order valence-corrected chi connectivity index (χ3v) is 3.23. The van der Waals surface area contributed by atoms with E-state index in [1.807, 2.05) is 6.08 Å². The molecule has 0 heterocycles. The van der Waals surface area contributed by atoms with Crippen molar-refractivity contribution in [1.82, 2.24) is 0 Å². The summed E-state index contributed by atoms with van der Waals surface area (Å²) in [5.41, 5.74) is 0. The van der Waals surface area contributed by atoms with Gasteiger partial charge in [-0.15, -0.1) is 0 Å². The van der Waals surface area contributed by atoms with E-state index in [2.05, 4.69) is 6.08 Å². The molecule has 2 aliphatic carbocycles. The van der Waals surface area contributed by atoms with Gasteiger partial charge in [0.25, 0.3) is 0 Å². The van der Waals surface area contributed by atoms with Gasteiger partial charge in [-0.2, -0.15) is 0 Å². The molecule has 0 aromatic rings. The molecular weight excluding hydrogens is 152 g/mol. The molecule has 0 saturated heterocycles. The Morgan fingerprint density at radius 2 is 2.25 bits per heavy atom. The molecular formula is C10H14O2. The molecule has 0 unspecified atom stereocenters. The van der Waals surface area contributed by atoms with Crippen molar-refractivity contribution in [3.05, 3.63) is 12.2 Å². The zero-order valence-corrected chi connectivity index (χ0v) is 7.07. The first-order valence-electron chi connectivity index (χ1n) is 4.68. The second-order valence-electron chi connectivity index (χ2n) is 3.87. The third kappa shape index (κ3) is 1.15. The summed E-state index contributed by atoms with van der Waals surface area (Å²) < 4.78 is 0. The van der Waals surface area contributed by atoms with Crippen molar-refractivity contribution < 1.29 is 9.90 Å². The number of carboxylic acid groups (broad SMARTS) is 1. The van der Waals surface area contributed by atoms with Crippen LogP contribution < -0.4 is 0 Å². The van der Waals surface area contributed by atoms with Gasteiger partial charge in [-0.05, 0) is 31.1 Å². The lowest BCUT2D eigenvalue weighted by Crippen LogP contribution is -2.27. The Labute approximate surface area is 72.3 Å². The van der Waals surface area contributed by atoms with Crippen molar-refractivity contribution in [3.63, 3.8) is 0 Å². The van der Waals surface area contributed by atoms with Crippen LogP contribution in [0.3, 0.4) is 0 Å². The summed E-state index contributed by atoms with van der Waals surface area (Å²) >= 11 is 0. The molecule has 1 fully saturated rings. The SMILES string of the molecule is O=C(O)[C@@H]1CC=C[C@@H]2CCC[C@H]21. The highest BCUT2D eigenvalue weighted by atomic mass is 16.4. The topological polar surface area (TPSA) is 37.3 Å². The maximum Gasteiger partial charge on any atom is 0.307 e. The van der Waals surface area contributed by atoms with Crippen LogP contribution in [-0.2, 0) is 4.79 Å². The summed E-state index contributed by atoms with van der Waals surface area (Å²) in [4.78, 5) is 10.9. The minimum absolute atomic E-state index is 0.0949. The van der Waals surface area contributed by atoms with E-state index in [4.69, 9.17) is 5.11 Å². The summed E-state index contributed by atoms with van der Waals surface area (Å²) in [6.45, 7) is 0. The van der Waals surface area contributed by atoms with Crippen LogP contribution in [0.1, 0.15) is 25.7 Å². The zero-order valence-electron chi connectivity index (χ0n) is 7.07. The van der Waals surface area contributed by atoms with Crippen molar-refractivity contribution in [2.24, 2.45) is 17.8 Å². The van der Waals surface area contributed by atoms with Crippen LogP contribution in [0.5, 0.6) is 0 Å². The average Bonchev–Trinajstić information content (AvgIpc) is 2.49. The van der Waals surface area contributed by atoms with Gasteiger partial charge in [0.05, 0.1) is 5.92 Å².